The summed E-state index contributed by atoms with van der Waals surface area (Å²) in [6.07, 6.45) is 6.14. The average molecular weight is 548 g/mol. The van der Waals surface area contributed by atoms with E-state index in [0.717, 1.165) is 48.1 Å². The molecule has 0 unspecified atom stereocenters. The highest BCUT2D eigenvalue weighted by molar-refractivity contribution is 7.89. The van der Waals surface area contributed by atoms with Gasteiger partial charge >= 0.3 is 0 Å². The molecule has 2 saturated heterocycles. The van der Waals surface area contributed by atoms with Gasteiger partial charge in [-0.3, -0.25) is 9.69 Å². The molecule has 3 aliphatic heterocycles. The van der Waals surface area contributed by atoms with E-state index >= 15 is 0 Å². The highest BCUT2D eigenvalue weighted by atomic mass is 32.2. The Balaban J connectivity index is 1.12. The Labute approximate surface area is 231 Å². The molecule has 7 nitrogen and oxygen atoms in total. The van der Waals surface area contributed by atoms with Crippen LogP contribution >= 0.6 is 0 Å². The molecule has 0 spiro atoms. The summed E-state index contributed by atoms with van der Waals surface area (Å²) in [5, 5.41) is 5.08. The summed E-state index contributed by atoms with van der Waals surface area (Å²) in [4.78, 5) is 16.0. The zero-order valence-corrected chi connectivity index (χ0v) is 23.2. The number of nitrogens with zero attached hydrogens (tertiary/aromatic N) is 2. The largest absolute Gasteiger partial charge is 0.493 e. The van der Waals surface area contributed by atoms with Gasteiger partial charge in [0.15, 0.2) is 0 Å². The lowest BCUT2D eigenvalue weighted by Gasteiger charge is -2.30. The second-order valence-corrected chi connectivity index (χ2v) is 13.0. The Morgan fingerprint density at radius 3 is 2.56 bits per heavy atom. The number of piperidine rings is 1. The Morgan fingerprint density at radius 2 is 1.72 bits per heavy atom. The number of hydrogen-bond donors (Lipinski definition) is 1. The minimum atomic E-state index is -3.69. The number of rotatable bonds is 7. The van der Waals surface area contributed by atoms with Crippen LogP contribution in [0.3, 0.4) is 0 Å². The minimum Gasteiger partial charge on any atom is -0.493 e. The molecule has 0 saturated carbocycles. The third kappa shape index (κ3) is 5.69. The van der Waals surface area contributed by atoms with E-state index in [0.29, 0.717) is 26.0 Å². The Morgan fingerprint density at radius 1 is 0.897 bits per heavy atom. The summed E-state index contributed by atoms with van der Waals surface area (Å²) in [6, 6.07) is 18.9. The van der Waals surface area contributed by atoms with Gasteiger partial charge in [0.1, 0.15) is 5.75 Å². The van der Waals surface area contributed by atoms with E-state index in [1.165, 1.54) is 29.1 Å². The fraction of sp³-hybridized carbons (Fsp3) is 0.452. The van der Waals surface area contributed by atoms with Crippen molar-refractivity contribution in [1.29, 1.82) is 0 Å². The normalized spacial score (nSPS) is 22.4. The van der Waals surface area contributed by atoms with Gasteiger partial charge in [0, 0.05) is 37.5 Å². The zero-order chi connectivity index (χ0) is 26.8. The maximum Gasteiger partial charge on any atom is 0.243 e. The highest BCUT2D eigenvalue weighted by Crippen LogP contribution is 2.34. The number of amides is 1. The predicted octanol–water partition coefficient (Wildman–Crippen LogP) is 5.01. The van der Waals surface area contributed by atoms with E-state index < -0.39 is 10.0 Å². The molecule has 2 atom stereocenters. The number of fused-ring (bicyclic) bond motifs is 2. The topological polar surface area (TPSA) is 79.0 Å². The first kappa shape index (κ1) is 26.3. The molecule has 6 rings (SSSR count). The molecule has 206 valence electrons. The maximum atomic E-state index is 13.6. The van der Waals surface area contributed by atoms with Crippen LogP contribution in [0.4, 0.5) is 0 Å². The number of ether oxygens (including phenoxy) is 1. The molecule has 2 fully saturated rings. The van der Waals surface area contributed by atoms with Crippen molar-refractivity contribution in [3.05, 3.63) is 71.8 Å². The van der Waals surface area contributed by atoms with Gasteiger partial charge in [-0.1, -0.05) is 48.9 Å². The minimum absolute atomic E-state index is 0.115. The van der Waals surface area contributed by atoms with Gasteiger partial charge in [0.2, 0.25) is 15.9 Å². The number of hydrogen-bond acceptors (Lipinski definition) is 5. The molecular weight excluding hydrogens is 510 g/mol. The van der Waals surface area contributed by atoms with Gasteiger partial charge in [0.05, 0.1) is 17.5 Å². The van der Waals surface area contributed by atoms with E-state index in [2.05, 4.69) is 28.4 Å². The van der Waals surface area contributed by atoms with Crippen molar-refractivity contribution in [2.24, 2.45) is 0 Å². The number of nitrogens with one attached hydrogen (secondary N) is 1. The van der Waals surface area contributed by atoms with Gasteiger partial charge in [-0.2, -0.15) is 4.31 Å². The summed E-state index contributed by atoms with van der Waals surface area (Å²) in [7, 11) is -3.69. The SMILES string of the molecule is O=C(C[C@H]1CCCN1S(=O)(=O)c1ccc2ccccc2c1)N[C@@H]1CCOc2cc(CN3CCCCC3)ccc21. The van der Waals surface area contributed by atoms with Crippen LogP contribution in [0.1, 0.15) is 62.1 Å². The summed E-state index contributed by atoms with van der Waals surface area (Å²) in [6.45, 7) is 4.21. The number of sulfonamides is 1. The first-order valence-corrected chi connectivity index (χ1v) is 15.7. The van der Waals surface area contributed by atoms with E-state index in [1.54, 1.807) is 12.1 Å². The first-order valence-electron chi connectivity index (χ1n) is 14.3. The van der Waals surface area contributed by atoms with Crippen molar-refractivity contribution in [3.63, 3.8) is 0 Å². The van der Waals surface area contributed by atoms with Gasteiger partial charge < -0.3 is 10.1 Å². The molecule has 8 heteroatoms. The van der Waals surface area contributed by atoms with E-state index in [4.69, 9.17) is 4.74 Å². The molecule has 1 N–H and O–H groups in total. The zero-order valence-electron chi connectivity index (χ0n) is 22.3. The summed E-state index contributed by atoms with van der Waals surface area (Å²) in [5.74, 6) is 0.735. The van der Waals surface area contributed by atoms with Crippen LogP contribution in [-0.2, 0) is 21.4 Å². The molecule has 1 amide bonds. The smallest absolute Gasteiger partial charge is 0.243 e. The molecule has 3 aromatic carbocycles. The Hall–Kier alpha value is -2.94. The summed E-state index contributed by atoms with van der Waals surface area (Å²) >= 11 is 0. The fourth-order valence-electron chi connectivity index (χ4n) is 6.32. The van der Waals surface area contributed by atoms with Crippen LogP contribution < -0.4 is 10.1 Å². The monoisotopic (exact) mass is 547 g/mol. The lowest BCUT2D eigenvalue weighted by atomic mass is 9.98. The van der Waals surface area contributed by atoms with E-state index in [-0.39, 0.29) is 29.3 Å². The first-order chi connectivity index (χ1) is 19.0. The number of carbonyl (C=O) groups excluding carboxylic acids is 1. The highest BCUT2D eigenvalue weighted by Gasteiger charge is 2.37. The molecule has 0 aromatic heterocycles. The van der Waals surface area contributed by atoms with Crippen LogP contribution in [0.15, 0.2) is 65.6 Å². The maximum absolute atomic E-state index is 13.6. The summed E-state index contributed by atoms with van der Waals surface area (Å²) in [5.41, 5.74) is 2.24. The van der Waals surface area contributed by atoms with E-state index in [9.17, 15) is 13.2 Å². The number of benzene rings is 3. The standard InChI is InChI=1S/C31H37N3O4S/c35-31(32-29-14-18-38-30-19-23(10-13-28(29)30)22-33-15-4-1-5-16-33)21-26-9-6-17-34(26)39(36,37)27-12-11-24-7-2-3-8-25(24)20-27/h2-3,7-8,10-13,19-20,26,29H,1,4-6,9,14-18,21-22H2,(H,32,35)/t26-,29-/m1/s1. The summed E-state index contributed by atoms with van der Waals surface area (Å²) < 4.78 is 34.7. The van der Waals surface area contributed by atoms with Crippen molar-refractivity contribution in [1.82, 2.24) is 14.5 Å². The van der Waals surface area contributed by atoms with Crippen LogP contribution in [0.5, 0.6) is 5.75 Å². The molecule has 0 radical (unpaired) electrons. The van der Waals surface area contributed by atoms with Crippen LogP contribution in [-0.4, -0.2) is 55.8 Å². The molecule has 0 aliphatic carbocycles. The van der Waals surface area contributed by atoms with Crippen LogP contribution in [0, 0.1) is 0 Å². The predicted molar refractivity (Wildman–Crippen MR) is 152 cm³/mol. The van der Waals surface area contributed by atoms with Crippen molar-refractivity contribution >= 4 is 26.7 Å². The lowest BCUT2D eigenvalue weighted by Crippen LogP contribution is -2.40. The van der Waals surface area contributed by atoms with Gasteiger partial charge in [-0.05, 0) is 73.3 Å². The molecular formula is C31H37N3O4S. The van der Waals surface area contributed by atoms with Gasteiger partial charge in [-0.15, -0.1) is 0 Å². The van der Waals surface area contributed by atoms with Crippen molar-refractivity contribution in [2.45, 2.75) is 68.5 Å². The Kier molecular flexibility index (Phi) is 7.60. The van der Waals surface area contributed by atoms with Crippen molar-refractivity contribution in [2.75, 3.05) is 26.2 Å². The second-order valence-electron chi connectivity index (χ2n) is 11.1. The van der Waals surface area contributed by atoms with Crippen molar-refractivity contribution < 1.29 is 17.9 Å². The average Bonchev–Trinajstić information content (AvgIpc) is 3.42. The molecule has 0 bridgehead atoms. The molecule has 3 aliphatic rings. The second kappa shape index (κ2) is 11.3. The molecule has 3 heterocycles. The van der Waals surface area contributed by atoms with Gasteiger partial charge in [0.25, 0.3) is 0 Å². The lowest BCUT2D eigenvalue weighted by molar-refractivity contribution is -0.122. The molecule has 3 aromatic rings. The quantitative estimate of drug-likeness (QED) is 0.450. The third-order valence-corrected chi connectivity index (χ3v) is 10.3. The Bertz CT molecular complexity index is 1450. The van der Waals surface area contributed by atoms with E-state index in [1.807, 2.05) is 30.3 Å². The molecule has 39 heavy (non-hydrogen) atoms. The van der Waals surface area contributed by atoms with Gasteiger partial charge in [-0.25, -0.2) is 8.42 Å². The van der Waals surface area contributed by atoms with Crippen LogP contribution in [0.2, 0.25) is 0 Å². The number of likely N-dealkylation sites (tertiary alicyclic amines) is 1. The van der Waals surface area contributed by atoms with Crippen LogP contribution in [0.25, 0.3) is 10.8 Å². The number of carbonyl (C=O) groups is 1. The fourth-order valence-corrected chi connectivity index (χ4v) is 8.05. The third-order valence-electron chi connectivity index (χ3n) is 8.38. The van der Waals surface area contributed by atoms with Crippen molar-refractivity contribution in [3.8, 4) is 5.75 Å².